The highest BCUT2D eigenvalue weighted by Gasteiger charge is 2.11. The Bertz CT molecular complexity index is 1450. The molecule has 0 saturated carbocycles. The molecule has 0 unspecified atom stereocenters. The molecule has 4 aromatic rings. The average molecular weight is 519 g/mol. The normalized spacial score (nSPS) is 10.8. The van der Waals surface area contributed by atoms with Crippen molar-refractivity contribution in [2.45, 2.75) is 11.8 Å². The number of H-pyrrole nitrogens is 1. The highest BCUT2D eigenvalue weighted by atomic mass is 35.5. The molecule has 0 spiro atoms. The zero-order valence-corrected chi connectivity index (χ0v) is 20.1. The Morgan fingerprint density at radius 2 is 1.65 bits per heavy atom. The molecule has 34 heavy (non-hydrogen) atoms. The third-order valence-corrected chi connectivity index (χ3v) is 6.02. The molecular formula is C23H20Cl2N4O4S. The summed E-state index contributed by atoms with van der Waals surface area (Å²) in [5.41, 5.74) is 7.63. The minimum absolute atomic E-state index is 0.00288. The van der Waals surface area contributed by atoms with Crippen molar-refractivity contribution in [2.75, 3.05) is 0 Å². The van der Waals surface area contributed by atoms with E-state index >= 15 is 0 Å². The van der Waals surface area contributed by atoms with Gasteiger partial charge >= 0.3 is 0 Å². The van der Waals surface area contributed by atoms with Crippen LogP contribution in [0.15, 0.2) is 77.7 Å². The number of aromatic nitrogens is 1. The summed E-state index contributed by atoms with van der Waals surface area (Å²) < 4.78 is 29.6. The lowest BCUT2D eigenvalue weighted by Crippen LogP contribution is -2.41. The standard InChI is InChI=1S/C16H12Cl2N4O.C7H8O3S/c17-10-5-6-13-9(7-10)8-14(20-13)16(23)22-21-15(19)11-3-1-2-4-12(11)18;1-6-2-4-7(5-3-6)11(8,9)10/h1-8,20H,(H2,19,21)(H,22,23);2-5H,1H3,(H,8,9,10). The Hall–Kier alpha value is -3.37. The van der Waals surface area contributed by atoms with Gasteiger partial charge < -0.3 is 4.98 Å². The van der Waals surface area contributed by atoms with E-state index in [1.54, 1.807) is 60.7 Å². The first-order valence-electron chi connectivity index (χ1n) is 9.77. The number of benzene rings is 3. The molecule has 0 fully saturated rings. The number of amidine groups is 1. The largest absolute Gasteiger partial charge is 0.350 e. The van der Waals surface area contributed by atoms with Gasteiger partial charge in [-0.25, -0.2) is 0 Å². The number of hydrazine groups is 1. The molecule has 0 radical (unpaired) electrons. The Morgan fingerprint density at radius 3 is 2.29 bits per heavy atom. The average Bonchev–Trinajstić information content (AvgIpc) is 3.21. The van der Waals surface area contributed by atoms with Crippen molar-refractivity contribution in [3.63, 3.8) is 0 Å². The minimum Gasteiger partial charge on any atom is -0.350 e. The second-order valence-electron chi connectivity index (χ2n) is 7.14. The minimum atomic E-state index is -4.02. The van der Waals surface area contributed by atoms with Gasteiger partial charge in [-0.05, 0) is 55.5 Å². The molecule has 0 aliphatic rings. The maximum absolute atomic E-state index is 12.2. The Balaban J connectivity index is 0.000000248. The molecule has 0 saturated heterocycles. The van der Waals surface area contributed by atoms with Gasteiger partial charge in [-0.2, -0.15) is 8.42 Å². The molecule has 8 nitrogen and oxygen atoms in total. The Kier molecular flexibility index (Phi) is 7.95. The molecule has 4 rings (SSSR count). The SMILES string of the molecule is Cc1ccc(S(=O)(=O)O)cc1.N=C(NNC(=O)c1cc2cc(Cl)ccc2[nH]1)c1ccccc1Cl. The van der Waals surface area contributed by atoms with Crippen LogP contribution in [0.25, 0.3) is 10.9 Å². The van der Waals surface area contributed by atoms with Crippen LogP contribution in [0.1, 0.15) is 21.6 Å². The van der Waals surface area contributed by atoms with Gasteiger partial charge in [0.2, 0.25) is 0 Å². The van der Waals surface area contributed by atoms with E-state index in [2.05, 4.69) is 15.8 Å². The van der Waals surface area contributed by atoms with Gasteiger partial charge in [-0.3, -0.25) is 25.6 Å². The zero-order valence-electron chi connectivity index (χ0n) is 17.8. The predicted octanol–water partition coefficient (Wildman–Crippen LogP) is 4.98. The third-order valence-electron chi connectivity index (χ3n) is 4.59. The van der Waals surface area contributed by atoms with E-state index in [0.717, 1.165) is 16.5 Å². The van der Waals surface area contributed by atoms with Crippen molar-refractivity contribution in [3.8, 4) is 0 Å². The van der Waals surface area contributed by atoms with Crippen LogP contribution in [0.5, 0.6) is 0 Å². The van der Waals surface area contributed by atoms with E-state index in [4.69, 9.17) is 33.2 Å². The van der Waals surface area contributed by atoms with Crippen molar-refractivity contribution in [2.24, 2.45) is 0 Å². The zero-order chi connectivity index (χ0) is 24.9. The van der Waals surface area contributed by atoms with E-state index < -0.39 is 16.0 Å². The van der Waals surface area contributed by atoms with Crippen LogP contribution in [0, 0.1) is 12.3 Å². The number of fused-ring (bicyclic) bond motifs is 1. The maximum Gasteiger partial charge on any atom is 0.294 e. The Labute approximate surface area is 206 Å². The number of hydrogen-bond acceptors (Lipinski definition) is 4. The predicted molar refractivity (Wildman–Crippen MR) is 133 cm³/mol. The van der Waals surface area contributed by atoms with Gasteiger partial charge in [0.05, 0.1) is 9.92 Å². The molecule has 1 aromatic heterocycles. The lowest BCUT2D eigenvalue weighted by atomic mass is 10.2. The van der Waals surface area contributed by atoms with E-state index in [0.29, 0.717) is 21.3 Å². The lowest BCUT2D eigenvalue weighted by Gasteiger charge is -2.10. The molecule has 0 aliphatic heterocycles. The highest BCUT2D eigenvalue weighted by Crippen LogP contribution is 2.20. The summed E-state index contributed by atoms with van der Waals surface area (Å²) in [6.07, 6.45) is 0. The summed E-state index contributed by atoms with van der Waals surface area (Å²) in [5.74, 6) is -0.391. The van der Waals surface area contributed by atoms with E-state index in [1.807, 2.05) is 6.92 Å². The summed E-state index contributed by atoms with van der Waals surface area (Å²) in [4.78, 5) is 15.1. The number of amides is 1. The van der Waals surface area contributed by atoms with Gasteiger partial charge in [-0.15, -0.1) is 0 Å². The van der Waals surface area contributed by atoms with Gasteiger partial charge in [0.1, 0.15) is 11.5 Å². The first-order chi connectivity index (χ1) is 16.0. The van der Waals surface area contributed by atoms with Crippen LogP contribution in [0.2, 0.25) is 10.0 Å². The molecule has 0 bridgehead atoms. The number of aromatic amines is 1. The number of carbonyl (C=O) groups excluding carboxylic acids is 1. The fraction of sp³-hybridized carbons (Fsp3) is 0.0435. The molecule has 1 heterocycles. The lowest BCUT2D eigenvalue weighted by molar-refractivity contribution is 0.0939. The quantitative estimate of drug-likeness (QED) is 0.113. The van der Waals surface area contributed by atoms with Crippen LogP contribution in [0.4, 0.5) is 0 Å². The first kappa shape index (κ1) is 25.3. The fourth-order valence-corrected chi connectivity index (χ4v) is 3.74. The van der Waals surface area contributed by atoms with Crippen molar-refractivity contribution in [3.05, 3.63) is 99.7 Å². The maximum atomic E-state index is 12.2. The molecule has 11 heteroatoms. The first-order valence-corrected chi connectivity index (χ1v) is 12.0. The third kappa shape index (κ3) is 6.58. The summed E-state index contributed by atoms with van der Waals surface area (Å²) in [7, 11) is -4.02. The number of carbonyl (C=O) groups is 1. The van der Waals surface area contributed by atoms with Crippen molar-refractivity contribution >= 4 is 56.0 Å². The smallest absolute Gasteiger partial charge is 0.294 e. The molecule has 0 aliphatic carbocycles. The molecule has 176 valence electrons. The van der Waals surface area contributed by atoms with E-state index in [-0.39, 0.29) is 10.7 Å². The topological polar surface area (TPSA) is 135 Å². The number of aryl methyl sites for hydroxylation is 1. The van der Waals surface area contributed by atoms with Crippen LogP contribution in [-0.4, -0.2) is 29.7 Å². The Morgan fingerprint density at radius 1 is 0.971 bits per heavy atom. The summed E-state index contributed by atoms with van der Waals surface area (Å²) in [6.45, 7) is 1.84. The van der Waals surface area contributed by atoms with Crippen LogP contribution in [-0.2, 0) is 10.1 Å². The van der Waals surface area contributed by atoms with Gasteiger partial charge in [0.25, 0.3) is 16.0 Å². The number of rotatable bonds is 3. The highest BCUT2D eigenvalue weighted by molar-refractivity contribution is 7.85. The number of halogens is 2. The van der Waals surface area contributed by atoms with E-state index in [1.165, 1.54) is 12.1 Å². The van der Waals surface area contributed by atoms with E-state index in [9.17, 15) is 13.2 Å². The van der Waals surface area contributed by atoms with Crippen LogP contribution >= 0.6 is 23.2 Å². The van der Waals surface area contributed by atoms with Crippen LogP contribution < -0.4 is 10.9 Å². The molecular weight excluding hydrogens is 499 g/mol. The number of hydrogen-bond donors (Lipinski definition) is 5. The molecule has 1 amide bonds. The van der Waals surface area contributed by atoms with Gasteiger partial charge in [0, 0.05) is 21.5 Å². The summed E-state index contributed by atoms with van der Waals surface area (Å²) >= 11 is 11.9. The van der Waals surface area contributed by atoms with Crippen molar-refractivity contribution < 1.29 is 17.8 Å². The fourth-order valence-electron chi connectivity index (χ4n) is 2.85. The van der Waals surface area contributed by atoms with Gasteiger partial charge in [-0.1, -0.05) is 53.0 Å². The molecule has 0 atom stereocenters. The second-order valence-corrected chi connectivity index (χ2v) is 9.40. The molecule has 5 N–H and O–H groups in total. The number of nitrogens with one attached hydrogen (secondary N) is 4. The monoisotopic (exact) mass is 518 g/mol. The summed E-state index contributed by atoms with van der Waals surface area (Å²) in [6, 6.07) is 19.9. The van der Waals surface area contributed by atoms with Crippen molar-refractivity contribution in [1.29, 1.82) is 5.41 Å². The summed E-state index contributed by atoms with van der Waals surface area (Å²) in [5, 5.41) is 9.79. The van der Waals surface area contributed by atoms with Gasteiger partial charge in [0.15, 0.2) is 0 Å². The van der Waals surface area contributed by atoms with Crippen molar-refractivity contribution in [1.82, 2.24) is 15.8 Å². The second kappa shape index (κ2) is 10.7. The van der Waals surface area contributed by atoms with Crippen LogP contribution in [0.3, 0.4) is 0 Å². The molecule has 3 aromatic carbocycles.